The summed E-state index contributed by atoms with van der Waals surface area (Å²) in [6.07, 6.45) is 2.13. The Morgan fingerprint density at radius 1 is 0.800 bits per heavy atom. The maximum absolute atomic E-state index is 2.55. The van der Waals surface area contributed by atoms with Crippen molar-refractivity contribution in [2.75, 3.05) is 26.2 Å². The van der Waals surface area contributed by atoms with Crippen molar-refractivity contribution in [2.24, 2.45) is 7.05 Å². The van der Waals surface area contributed by atoms with Crippen molar-refractivity contribution in [2.45, 2.75) is 13.1 Å². The predicted octanol–water partition coefficient (Wildman–Crippen LogP) is 2.34. The maximum Gasteiger partial charge on any atom is 0.0388 e. The first kappa shape index (κ1) is 13.4. The van der Waals surface area contributed by atoms with Gasteiger partial charge in [0.1, 0.15) is 0 Å². The molecule has 0 amide bonds. The molecule has 3 nitrogen and oxygen atoms in total. The number of benzene rings is 1. The highest BCUT2D eigenvalue weighted by molar-refractivity contribution is 5.14. The predicted molar refractivity (Wildman–Crippen MR) is 82.4 cm³/mol. The summed E-state index contributed by atoms with van der Waals surface area (Å²) in [5.74, 6) is 0. The molecule has 0 spiro atoms. The molecule has 0 N–H and O–H groups in total. The van der Waals surface area contributed by atoms with E-state index in [1.165, 1.54) is 24.3 Å². The third-order valence-electron chi connectivity index (χ3n) is 4.15. The van der Waals surface area contributed by atoms with E-state index in [0.717, 1.165) is 26.2 Å². The molecular weight excluding hydrogens is 246 g/mol. The summed E-state index contributed by atoms with van der Waals surface area (Å²) >= 11 is 0. The quantitative estimate of drug-likeness (QED) is 0.844. The molecule has 3 heteroatoms. The van der Waals surface area contributed by atoms with Gasteiger partial charge in [-0.15, -0.1) is 0 Å². The highest BCUT2D eigenvalue weighted by Gasteiger charge is 2.17. The van der Waals surface area contributed by atoms with Gasteiger partial charge in [-0.3, -0.25) is 9.80 Å². The summed E-state index contributed by atoms with van der Waals surface area (Å²) in [4.78, 5) is 5.10. The van der Waals surface area contributed by atoms with Crippen molar-refractivity contribution in [3.63, 3.8) is 0 Å². The van der Waals surface area contributed by atoms with E-state index in [9.17, 15) is 0 Å². The van der Waals surface area contributed by atoms with Gasteiger partial charge in [0.25, 0.3) is 0 Å². The molecule has 0 atom stereocenters. The zero-order valence-electron chi connectivity index (χ0n) is 12.2. The first-order valence-corrected chi connectivity index (χ1v) is 7.40. The number of hydrogen-bond acceptors (Lipinski definition) is 2. The number of rotatable bonds is 4. The minimum atomic E-state index is 1.07. The molecule has 1 aliphatic heterocycles. The molecule has 2 heterocycles. The minimum Gasteiger partial charge on any atom is -0.353 e. The monoisotopic (exact) mass is 269 g/mol. The van der Waals surface area contributed by atoms with Crippen LogP contribution >= 0.6 is 0 Å². The smallest absolute Gasteiger partial charge is 0.0388 e. The Labute approximate surface area is 121 Å². The van der Waals surface area contributed by atoms with E-state index < -0.39 is 0 Å². The summed E-state index contributed by atoms with van der Waals surface area (Å²) in [6.45, 7) is 6.82. The first-order chi connectivity index (χ1) is 9.81. The SMILES string of the molecule is Cn1cccc1CN1CCN(Cc2ccccc2)CC1. The fourth-order valence-corrected chi connectivity index (χ4v) is 2.84. The lowest BCUT2D eigenvalue weighted by atomic mass is 10.2. The molecule has 0 saturated carbocycles. The Balaban J connectivity index is 1.49. The van der Waals surface area contributed by atoms with Gasteiger partial charge >= 0.3 is 0 Å². The second kappa shape index (κ2) is 6.25. The summed E-state index contributed by atoms with van der Waals surface area (Å²) in [6, 6.07) is 15.1. The average molecular weight is 269 g/mol. The van der Waals surface area contributed by atoms with Crippen LogP contribution in [0.25, 0.3) is 0 Å². The van der Waals surface area contributed by atoms with Crippen molar-refractivity contribution in [3.05, 3.63) is 59.9 Å². The summed E-state index contributed by atoms with van der Waals surface area (Å²) in [5.41, 5.74) is 2.82. The van der Waals surface area contributed by atoms with E-state index in [1.807, 2.05) is 0 Å². The van der Waals surface area contributed by atoms with Gasteiger partial charge in [0.2, 0.25) is 0 Å². The molecule has 3 rings (SSSR count). The van der Waals surface area contributed by atoms with Crippen LogP contribution in [0.2, 0.25) is 0 Å². The summed E-state index contributed by atoms with van der Waals surface area (Å²) < 4.78 is 2.22. The molecule has 1 aromatic heterocycles. The van der Waals surface area contributed by atoms with Gasteiger partial charge in [-0.05, 0) is 17.7 Å². The zero-order chi connectivity index (χ0) is 13.8. The van der Waals surface area contributed by atoms with E-state index in [0.29, 0.717) is 0 Å². The molecule has 0 unspecified atom stereocenters. The summed E-state index contributed by atoms with van der Waals surface area (Å²) in [5, 5.41) is 0. The fourth-order valence-electron chi connectivity index (χ4n) is 2.84. The van der Waals surface area contributed by atoms with Crippen LogP contribution in [0.15, 0.2) is 48.7 Å². The van der Waals surface area contributed by atoms with E-state index in [1.54, 1.807) is 0 Å². The molecule has 1 aromatic carbocycles. The Hall–Kier alpha value is -1.58. The van der Waals surface area contributed by atoms with Crippen molar-refractivity contribution < 1.29 is 0 Å². The average Bonchev–Trinajstić information content (AvgIpc) is 2.88. The summed E-state index contributed by atoms with van der Waals surface area (Å²) in [7, 11) is 2.13. The van der Waals surface area contributed by atoms with Gasteiger partial charge in [-0.25, -0.2) is 0 Å². The van der Waals surface area contributed by atoms with Crippen LogP contribution in [-0.4, -0.2) is 40.5 Å². The van der Waals surface area contributed by atoms with Gasteiger partial charge in [0, 0.05) is 58.2 Å². The first-order valence-electron chi connectivity index (χ1n) is 7.40. The van der Waals surface area contributed by atoms with Gasteiger partial charge in [-0.2, -0.15) is 0 Å². The third-order valence-corrected chi connectivity index (χ3v) is 4.15. The molecule has 106 valence electrons. The highest BCUT2D eigenvalue weighted by Crippen LogP contribution is 2.11. The number of hydrogen-bond donors (Lipinski definition) is 0. The molecule has 2 aromatic rings. The molecule has 1 saturated heterocycles. The fraction of sp³-hybridized carbons (Fsp3) is 0.412. The van der Waals surface area contributed by atoms with E-state index in [-0.39, 0.29) is 0 Å². The topological polar surface area (TPSA) is 11.4 Å². The standard InChI is InChI=1S/C17H23N3/c1-18-9-5-8-17(18)15-20-12-10-19(11-13-20)14-16-6-3-2-4-7-16/h2-9H,10-15H2,1H3. The molecule has 1 fully saturated rings. The molecule has 1 aliphatic rings. The van der Waals surface area contributed by atoms with Crippen LogP contribution in [-0.2, 0) is 20.1 Å². The van der Waals surface area contributed by atoms with Crippen LogP contribution < -0.4 is 0 Å². The van der Waals surface area contributed by atoms with Crippen molar-refractivity contribution in [3.8, 4) is 0 Å². The highest BCUT2D eigenvalue weighted by atomic mass is 15.3. The number of aryl methyl sites for hydroxylation is 1. The number of aromatic nitrogens is 1. The van der Waals surface area contributed by atoms with Crippen LogP contribution in [0.5, 0.6) is 0 Å². The van der Waals surface area contributed by atoms with E-state index >= 15 is 0 Å². The maximum atomic E-state index is 2.55. The van der Waals surface area contributed by atoms with Crippen LogP contribution in [0.3, 0.4) is 0 Å². The van der Waals surface area contributed by atoms with E-state index in [2.05, 4.69) is 70.1 Å². The Kier molecular flexibility index (Phi) is 4.19. The van der Waals surface area contributed by atoms with Gasteiger partial charge in [0.05, 0.1) is 0 Å². The van der Waals surface area contributed by atoms with Crippen LogP contribution in [0.1, 0.15) is 11.3 Å². The van der Waals surface area contributed by atoms with Gasteiger partial charge < -0.3 is 4.57 Å². The second-order valence-corrected chi connectivity index (χ2v) is 5.65. The van der Waals surface area contributed by atoms with E-state index in [4.69, 9.17) is 0 Å². The van der Waals surface area contributed by atoms with Crippen LogP contribution in [0, 0.1) is 0 Å². The largest absolute Gasteiger partial charge is 0.353 e. The molecule has 20 heavy (non-hydrogen) atoms. The Morgan fingerprint density at radius 2 is 1.45 bits per heavy atom. The van der Waals surface area contributed by atoms with Crippen molar-refractivity contribution >= 4 is 0 Å². The molecule has 0 aliphatic carbocycles. The lowest BCUT2D eigenvalue weighted by Crippen LogP contribution is -2.45. The minimum absolute atomic E-state index is 1.07. The Bertz CT molecular complexity index is 524. The lowest BCUT2D eigenvalue weighted by Gasteiger charge is -2.34. The third kappa shape index (κ3) is 3.30. The van der Waals surface area contributed by atoms with Crippen molar-refractivity contribution in [1.29, 1.82) is 0 Å². The molecule has 0 radical (unpaired) electrons. The number of nitrogens with zero attached hydrogens (tertiary/aromatic N) is 3. The number of piperazine rings is 1. The van der Waals surface area contributed by atoms with Crippen molar-refractivity contribution in [1.82, 2.24) is 14.4 Å². The lowest BCUT2D eigenvalue weighted by molar-refractivity contribution is 0.120. The normalized spacial score (nSPS) is 17.4. The Morgan fingerprint density at radius 3 is 2.05 bits per heavy atom. The second-order valence-electron chi connectivity index (χ2n) is 5.65. The van der Waals surface area contributed by atoms with Crippen LogP contribution in [0.4, 0.5) is 0 Å². The zero-order valence-corrected chi connectivity index (χ0v) is 12.2. The van der Waals surface area contributed by atoms with Gasteiger partial charge in [0.15, 0.2) is 0 Å². The molecule has 0 bridgehead atoms. The molecular formula is C17H23N3. The van der Waals surface area contributed by atoms with Gasteiger partial charge in [-0.1, -0.05) is 30.3 Å².